The van der Waals surface area contributed by atoms with Gasteiger partial charge in [0.15, 0.2) is 0 Å². The molecule has 1 aromatic heterocycles. The van der Waals surface area contributed by atoms with Gasteiger partial charge in [0.2, 0.25) is 0 Å². The lowest BCUT2D eigenvalue weighted by Gasteiger charge is -2.03. The maximum atomic E-state index is 5.98. The molecule has 0 bridgehead atoms. The Morgan fingerprint density at radius 1 is 1.31 bits per heavy atom. The van der Waals surface area contributed by atoms with E-state index >= 15 is 0 Å². The van der Waals surface area contributed by atoms with Gasteiger partial charge in [-0.2, -0.15) is 0 Å². The number of hydrogen-bond acceptors (Lipinski definition) is 2. The van der Waals surface area contributed by atoms with E-state index in [2.05, 4.69) is 32.6 Å². The van der Waals surface area contributed by atoms with Crippen molar-refractivity contribution in [1.82, 2.24) is 9.97 Å². The van der Waals surface area contributed by atoms with Crippen molar-refractivity contribution < 1.29 is 0 Å². The van der Waals surface area contributed by atoms with Gasteiger partial charge in [-0.15, -0.1) is 0 Å². The fraction of sp³-hybridized carbons (Fsp3) is 0.111. The van der Waals surface area contributed by atoms with Gasteiger partial charge in [-0.1, -0.05) is 11.6 Å². The molecule has 13 heavy (non-hydrogen) atoms. The average Bonchev–Trinajstić information content (AvgIpc) is 2.12. The zero-order chi connectivity index (χ0) is 9.42. The molecular weight excluding hydrogens is 298 g/mol. The highest BCUT2D eigenvalue weighted by atomic mass is 127. The van der Waals surface area contributed by atoms with Crippen molar-refractivity contribution in [3.05, 3.63) is 32.7 Å². The molecular formula is C9H6ClIN2. The molecule has 0 aliphatic heterocycles. The molecule has 66 valence electrons. The fourth-order valence-corrected chi connectivity index (χ4v) is 1.98. The predicted octanol–water partition coefficient (Wildman–Crippen LogP) is 3.20. The van der Waals surface area contributed by atoms with E-state index < -0.39 is 0 Å². The maximum Gasteiger partial charge on any atom is 0.140 e. The van der Waals surface area contributed by atoms with E-state index in [0.717, 1.165) is 16.5 Å². The van der Waals surface area contributed by atoms with Crippen LogP contribution in [-0.2, 0) is 0 Å². The molecule has 2 nitrogen and oxygen atoms in total. The number of fused-ring (bicyclic) bond motifs is 1. The van der Waals surface area contributed by atoms with E-state index in [1.54, 1.807) is 0 Å². The van der Waals surface area contributed by atoms with Crippen LogP contribution in [-0.4, -0.2) is 9.97 Å². The molecule has 0 unspecified atom stereocenters. The van der Waals surface area contributed by atoms with Crippen LogP contribution in [0.3, 0.4) is 0 Å². The quantitative estimate of drug-likeness (QED) is 0.552. The van der Waals surface area contributed by atoms with E-state index in [-0.39, 0.29) is 0 Å². The van der Waals surface area contributed by atoms with Crippen molar-refractivity contribution in [1.29, 1.82) is 0 Å². The number of benzene rings is 1. The Balaban J connectivity index is 2.97. The van der Waals surface area contributed by atoms with Crippen LogP contribution in [0.25, 0.3) is 10.9 Å². The summed E-state index contributed by atoms with van der Waals surface area (Å²) in [6, 6.07) is 3.99. The third-order valence-electron chi connectivity index (χ3n) is 1.95. The molecule has 4 heteroatoms. The molecule has 0 fully saturated rings. The second-order valence-corrected chi connectivity index (χ2v) is 4.25. The molecule has 2 rings (SSSR count). The van der Waals surface area contributed by atoms with Crippen LogP contribution in [0.1, 0.15) is 5.56 Å². The first-order valence-electron chi connectivity index (χ1n) is 3.75. The Hall–Kier alpha value is -0.420. The molecule has 0 aliphatic rings. The van der Waals surface area contributed by atoms with Crippen LogP contribution in [0.2, 0.25) is 5.15 Å². The van der Waals surface area contributed by atoms with Crippen molar-refractivity contribution in [3.8, 4) is 0 Å². The predicted molar refractivity (Wildman–Crippen MR) is 62.0 cm³/mol. The normalized spacial score (nSPS) is 10.7. The summed E-state index contributed by atoms with van der Waals surface area (Å²) in [5, 5.41) is 1.48. The van der Waals surface area contributed by atoms with Crippen LogP contribution in [0.15, 0.2) is 18.5 Å². The summed E-state index contributed by atoms with van der Waals surface area (Å²) in [4.78, 5) is 8.11. The molecule has 2 aromatic rings. The van der Waals surface area contributed by atoms with Crippen molar-refractivity contribution in [3.63, 3.8) is 0 Å². The highest BCUT2D eigenvalue weighted by Crippen LogP contribution is 2.26. The van der Waals surface area contributed by atoms with Crippen LogP contribution < -0.4 is 0 Å². The van der Waals surface area contributed by atoms with Gasteiger partial charge < -0.3 is 0 Å². The van der Waals surface area contributed by atoms with E-state index in [1.165, 1.54) is 9.90 Å². The molecule has 0 saturated carbocycles. The molecule has 0 spiro atoms. The van der Waals surface area contributed by atoms with E-state index in [4.69, 9.17) is 11.6 Å². The lowest BCUT2D eigenvalue weighted by Crippen LogP contribution is -1.89. The summed E-state index contributed by atoms with van der Waals surface area (Å²) in [6.45, 7) is 2.03. The molecule has 0 amide bonds. The second kappa shape index (κ2) is 3.38. The zero-order valence-corrected chi connectivity index (χ0v) is 9.80. The molecule has 0 aliphatic carbocycles. The Morgan fingerprint density at radius 2 is 2.08 bits per heavy atom. The van der Waals surface area contributed by atoms with Crippen LogP contribution in [0.5, 0.6) is 0 Å². The van der Waals surface area contributed by atoms with Crippen molar-refractivity contribution in [2.24, 2.45) is 0 Å². The number of nitrogens with zero attached hydrogens (tertiary/aromatic N) is 2. The Labute approximate surface area is 94.5 Å². The Bertz CT molecular complexity index is 470. The summed E-state index contributed by atoms with van der Waals surface area (Å²) in [7, 11) is 0. The summed E-state index contributed by atoms with van der Waals surface area (Å²) in [5.41, 5.74) is 2.04. The van der Waals surface area contributed by atoms with Gasteiger partial charge in [0.25, 0.3) is 0 Å². The second-order valence-electron chi connectivity index (χ2n) is 2.73. The minimum Gasteiger partial charge on any atom is -0.236 e. The summed E-state index contributed by atoms with van der Waals surface area (Å²) in [6.07, 6.45) is 1.48. The summed E-state index contributed by atoms with van der Waals surface area (Å²) >= 11 is 8.25. The molecule has 0 atom stereocenters. The first-order valence-corrected chi connectivity index (χ1v) is 5.21. The van der Waals surface area contributed by atoms with Crippen molar-refractivity contribution in [2.45, 2.75) is 6.92 Å². The van der Waals surface area contributed by atoms with E-state index in [1.807, 2.05) is 19.1 Å². The van der Waals surface area contributed by atoms with Gasteiger partial charge in [0, 0.05) is 8.96 Å². The van der Waals surface area contributed by atoms with Crippen LogP contribution >= 0.6 is 34.2 Å². The number of hydrogen-bond donors (Lipinski definition) is 0. The molecule has 0 N–H and O–H groups in total. The number of rotatable bonds is 0. The SMILES string of the molecule is Cc1c(I)ccc2ncnc(Cl)c12. The van der Waals surface area contributed by atoms with Crippen molar-refractivity contribution >= 4 is 45.1 Å². The van der Waals surface area contributed by atoms with Crippen LogP contribution in [0.4, 0.5) is 0 Å². The average molecular weight is 305 g/mol. The number of halogens is 2. The van der Waals surface area contributed by atoms with E-state index in [9.17, 15) is 0 Å². The standard InChI is InChI=1S/C9H6ClIN2/c1-5-6(11)2-3-7-8(5)9(10)13-4-12-7/h2-4H,1H3. The molecule has 1 heterocycles. The van der Waals surface area contributed by atoms with Crippen molar-refractivity contribution in [2.75, 3.05) is 0 Å². The first kappa shape index (κ1) is 9.15. The van der Waals surface area contributed by atoms with Gasteiger partial charge in [0.1, 0.15) is 11.5 Å². The summed E-state index contributed by atoms with van der Waals surface area (Å²) < 4.78 is 1.18. The lowest BCUT2D eigenvalue weighted by molar-refractivity contribution is 1.21. The third-order valence-corrected chi connectivity index (χ3v) is 3.41. The van der Waals surface area contributed by atoms with E-state index in [0.29, 0.717) is 5.15 Å². The first-order chi connectivity index (χ1) is 6.20. The topological polar surface area (TPSA) is 25.8 Å². The minimum atomic E-state index is 0.529. The molecule has 1 aromatic carbocycles. The van der Waals surface area contributed by atoms with Gasteiger partial charge in [-0.25, -0.2) is 9.97 Å². The van der Waals surface area contributed by atoms with Gasteiger partial charge in [0.05, 0.1) is 5.52 Å². The minimum absolute atomic E-state index is 0.529. The molecule has 0 saturated heterocycles. The third kappa shape index (κ3) is 1.50. The zero-order valence-electron chi connectivity index (χ0n) is 6.88. The molecule has 0 radical (unpaired) electrons. The lowest BCUT2D eigenvalue weighted by atomic mass is 10.1. The largest absolute Gasteiger partial charge is 0.236 e. The van der Waals surface area contributed by atoms with Gasteiger partial charge >= 0.3 is 0 Å². The smallest absolute Gasteiger partial charge is 0.140 e. The fourth-order valence-electron chi connectivity index (χ4n) is 1.25. The highest BCUT2D eigenvalue weighted by Gasteiger charge is 2.06. The number of aromatic nitrogens is 2. The Morgan fingerprint density at radius 3 is 2.85 bits per heavy atom. The maximum absolute atomic E-state index is 5.98. The monoisotopic (exact) mass is 304 g/mol. The van der Waals surface area contributed by atoms with Gasteiger partial charge in [-0.05, 0) is 47.2 Å². The van der Waals surface area contributed by atoms with Crippen LogP contribution in [0, 0.1) is 10.5 Å². The Kier molecular flexibility index (Phi) is 2.38. The number of aryl methyl sites for hydroxylation is 1. The summed E-state index contributed by atoms with van der Waals surface area (Å²) in [5.74, 6) is 0. The highest BCUT2D eigenvalue weighted by molar-refractivity contribution is 14.1. The van der Waals surface area contributed by atoms with Gasteiger partial charge in [-0.3, -0.25) is 0 Å².